The van der Waals surface area contributed by atoms with Crippen LogP contribution >= 0.6 is 0 Å². The number of imidazole rings is 1. The van der Waals surface area contributed by atoms with Crippen LogP contribution < -0.4 is 5.69 Å². The number of aliphatic carboxylic acids is 1. The molecule has 0 radical (unpaired) electrons. The van der Waals surface area contributed by atoms with Gasteiger partial charge in [0.2, 0.25) is 5.88 Å². The number of carboxylic acids is 1. The van der Waals surface area contributed by atoms with E-state index in [9.17, 15) is 19.8 Å². The number of aromatic nitrogens is 2. The van der Waals surface area contributed by atoms with Crippen molar-refractivity contribution in [2.24, 2.45) is 5.92 Å². The smallest absolute Gasteiger partial charge is 0.330 e. The minimum Gasteiger partial charge on any atom is -0.493 e. The average molecular weight is 368 g/mol. The first-order valence-electron chi connectivity index (χ1n) is 9.91. The van der Waals surface area contributed by atoms with Crippen molar-refractivity contribution in [1.29, 1.82) is 0 Å². The molecule has 4 N–H and O–H groups in total. The van der Waals surface area contributed by atoms with E-state index in [0.717, 1.165) is 38.0 Å². The van der Waals surface area contributed by atoms with E-state index in [1.165, 1.54) is 30.3 Å². The van der Waals surface area contributed by atoms with Crippen LogP contribution in [0.1, 0.15) is 89.0 Å². The summed E-state index contributed by atoms with van der Waals surface area (Å²) in [6.45, 7) is 0. The molecule has 1 atom stereocenters. The average Bonchev–Trinajstić information content (AvgIpc) is 3.18. The Hall–Kier alpha value is -1.76. The Kier molecular flexibility index (Phi) is 8.22. The molecule has 7 nitrogen and oxygen atoms in total. The molecule has 1 fully saturated rings. The second kappa shape index (κ2) is 10.4. The summed E-state index contributed by atoms with van der Waals surface area (Å²) >= 11 is 0. The lowest BCUT2D eigenvalue weighted by Crippen LogP contribution is -2.24. The second-order valence-corrected chi connectivity index (χ2v) is 7.47. The highest BCUT2D eigenvalue weighted by Crippen LogP contribution is 2.30. The Morgan fingerprint density at radius 1 is 1.15 bits per heavy atom. The first kappa shape index (κ1) is 20.6. The molecule has 0 saturated heterocycles. The fourth-order valence-electron chi connectivity index (χ4n) is 3.96. The van der Waals surface area contributed by atoms with E-state index in [2.05, 4.69) is 4.98 Å². The Balaban J connectivity index is 1.81. The fourth-order valence-corrected chi connectivity index (χ4v) is 3.96. The van der Waals surface area contributed by atoms with Gasteiger partial charge in [-0.3, -0.25) is 14.3 Å². The zero-order valence-electron chi connectivity index (χ0n) is 15.5. The van der Waals surface area contributed by atoms with Crippen LogP contribution in [0.25, 0.3) is 0 Å². The number of hydrogen-bond acceptors (Lipinski definition) is 4. The lowest BCUT2D eigenvalue weighted by molar-refractivity contribution is -0.137. The summed E-state index contributed by atoms with van der Waals surface area (Å²) in [5, 5.41) is 29.0. The number of aromatic hydroxyl groups is 1. The van der Waals surface area contributed by atoms with Crippen LogP contribution in [0.15, 0.2) is 4.79 Å². The standard InChI is InChI=1S/C19H32N2O5/c22-16(12-7-10-14-8-5-6-9-14)21-15(18(25)20-19(21)26)11-3-1-2-4-13-17(23)24/h14,16,22,25H,1-13H2,(H,20,26)(H,23,24). The van der Waals surface area contributed by atoms with Crippen LogP contribution in [0, 0.1) is 5.92 Å². The van der Waals surface area contributed by atoms with Crippen LogP contribution in [-0.2, 0) is 11.2 Å². The summed E-state index contributed by atoms with van der Waals surface area (Å²) < 4.78 is 1.28. The van der Waals surface area contributed by atoms with Gasteiger partial charge in [0.25, 0.3) is 0 Å². The SMILES string of the molecule is O=C(O)CCCCCCc1c(O)[nH]c(=O)n1C(O)CCCC1CCCC1. The number of nitrogens with one attached hydrogen (secondary N) is 1. The largest absolute Gasteiger partial charge is 0.493 e. The van der Waals surface area contributed by atoms with Gasteiger partial charge in [0, 0.05) is 6.42 Å². The van der Waals surface area contributed by atoms with Crippen LogP contribution in [0.5, 0.6) is 5.88 Å². The minimum absolute atomic E-state index is 0.166. The predicted molar refractivity (Wildman–Crippen MR) is 98.2 cm³/mol. The quantitative estimate of drug-likeness (QED) is 0.422. The van der Waals surface area contributed by atoms with Gasteiger partial charge in [-0.1, -0.05) is 44.9 Å². The summed E-state index contributed by atoms with van der Waals surface area (Å²) in [6, 6.07) is 0. The molecule has 26 heavy (non-hydrogen) atoms. The van der Waals surface area contributed by atoms with Crippen molar-refractivity contribution >= 4 is 5.97 Å². The van der Waals surface area contributed by atoms with E-state index in [1.807, 2.05) is 0 Å². The molecule has 0 aliphatic heterocycles. The number of rotatable bonds is 12. The maximum Gasteiger partial charge on any atom is 0.330 e. The molecule has 2 rings (SSSR count). The molecule has 1 aromatic rings. The van der Waals surface area contributed by atoms with Crippen molar-refractivity contribution in [3.05, 3.63) is 16.2 Å². The maximum absolute atomic E-state index is 12.1. The molecule has 1 aliphatic carbocycles. The number of hydrogen-bond donors (Lipinski definition) is 4. The van der Waals surface area contributed by atoms with Crippen LogP contribution in [0.4, 0.5) is 0 Å². The van der Waals surface area contributed by atoms with Gasteiger partial charge in [0.15, 0.2) is 0 Å². The van der Waals surface area contributed by atoms with E-state index in [4.69, 9.17) is 5.11 Å². The number of aliphatic hydroxyl groups excluding tert-OH is 1. The van der Waals surface area contributed by atoms with Crippen molar-refractivity contribution in [3.8, 4) is 5.88 Å². The Morgan fingerprint density at radius 3 is 2.54 bits per heavy atom. The van der Waals surface area contributed by atoms with Gasteiger partial charge in [-0.05, 0) is 38.0 Å². The summed E-state index contributed by atoms with van der Waals surface area (Å²) in [6.07, 6.45) is 10.3. The number of unbranched alkanes of at least 4 members (excludes halogenated alkanes) is 3. The zero-order valence-corrected chi connectivity index (χ0v) is 15.5. The summed E-state index contributed by atoms with van der Waals surface area (Å²) in [4.78, 5) is 24.9. The number of aromatic amines is 1. The molecule has 1 aromatic heterocycles. The van der Waals surface area contributed by atoms with Gasteiger partial charge in [-0.25, -0.2) is 4.79 Å². The van der Waals surface area contributed by atoms with Gasteiger partial charge in [-0.2, -0.15) is 0 Å². The number of nitrogens with zero attached hydrogens (tertiary/aromatic N) is 1. The molecular weight excluding hydrogens is 336 g/mol. The number of carboxylic acid groups (broad SMARTS) is 1. The predicted octanol–water partition coefficient (Wildman–Crippen LogP) is 3.31. The van der Waals surface area contributed by atoms with Crippen molar-refractivity contribution in [2.45, 2.75) is 89.7 Å². The van der Waals surface area contributed by atoms with Crippen LogP contribution in [0.2, 0.25) is 0 Å². The Bertz CT molecular complexity index is 616. The lowest BCUT2D eigenvalue weighted by Gasteiger charge is -2.16. The van der Waals surface area contributed by atoms with Gasteiger partial charge < -0.3 is 15.3 Å². The topological polar surface area (TPSA) is 116 Å². The highest BCUT2D eigenvalue weighted by molar-refractivity contribution is 5.66. The molecule has 148 valence electrons. The summed E-state index contributed by atoms with van der Waals surface area (Å²) in [5.74, 6) is -0.206. The number of carbonyl (C=O) groups is 1. The zero-order chi connectivity index (χ0) is 18.9. The molecule has 0 spiro atoms. The number of H-pyrrole nitrogens is 1. The Morgan fingerprint density at radius 2 is 1.85 bits per heavy atom. The van der Waals surface area contributed by atoms with Crippen LogP contribution in [-0.4, -0.2) is 30.8 Å². The third-order valence-electron chi connectivity index (χ3n) is 5.41. The minimum atomic E-state index is -0.914. The third-order valence-corrected chi connectivity index (χ3v) is 5.41. The first-order chi connectivity index (χ1) is 12.5. The summed E-state index contributed by atoms with van der Waals surface area (Å²) in [7, 11) is 0. The van der Waals surface area contributed by atoms with E-state index >= 15 is 0 Å². The van der Waals surface area contributed by atoms with Gasteiger partial charge in [-0.15, -0.1) is 0 Å². The van der Waals surface area contributed by atoms with Crippen molar-refractivity contribution in [2.75, 3.05) is 0 Å². The molecule has 1 unspecified atom stereocenters. The molecule has 0 bridgehead atoms. The van der Waals surface area contributed by atoms with Gasteiger partial charge in [0.1, 0.15) is 6.23 Å². The van der Waals surface area contributed by atoms with Crippen molar-refractivity contribution < 1.29 is 20.1 Å². The number of aliphatic hydroxyl groups is 1. The van der Waals surface area contributed by atoms with Crippen molar-refractivity contribution in [3.63, 3.8) is 0 Å². The van der Waals surface area contributed by atoms with Crippen LogP contribution in [0.3, 0.4) is 0 Å². The monoisotopic (exact) mass is 368 g/mol. The molecule has 7 heteroatoms. The van der Waals surface area contributed by atoms with E-state index in [-0.39, 0.29) is 12.3 Å². The maximum atomic E-state index is 12.1. The third kappa shape index (κ3) is 6.20. The van der Waals surface area contributed by atoms with E-state index in [1.54, 1.807) is 0 Å². The van der Waals surface area contributed by atoms with Gasteiger partial charge in [0.05, 0.1) is 5.69 Å². The molecule has 1 aliphatic rings. The Labute approximate surface area is 154 Å². The van der Waals surface area contributed by atoms with Gasteiger partial charge >= 0.3 is 11.7 Å². The normalized spacial score (nSPS) is 16.2. The molecule has 1 heterocycles. The van der Waals surface area contributed by atoms with E-state index < -0.39 is 17.9 Å². The fraction of sp³-hybridized carbons (Fsp3) is 0.789. The lowest BCUT2D eigenvalue weighted by atomic mass is 10.0. The second-order valence-electron chi connectivity index (χ2n) is 7.47. The van der Waals surface area contributed by atoms with Crippen molar-refractivity contribution in [1.82, 2.24) is 9.55 Å². The highest BCUT2D eigenvalue weighted by atomic mass is 16.4. The molecule has 0 aromatic carbocycles. The molecule has 0 amide bonds. The molecule has 1 saturated carbocycles. The highest BCUT2D eigenvalue weighted by Gasteiger charge is 2.20. The first-order valence-corrected chi connectivity index (χ1v) is 9.91. The molecular formula is C19H32N2O5. The van der Waals surface area contributed by atoms with E-state index in [0.29, 0.717) is 25.0 Å². The summed E-state index contributed by atoms with van der Waals surface area (Å²) in [5.41, 5.74) is -0.0293.